The Balaban J connectivity index is 1.36. The van der Waals surface area contributed by atoms with Crippen molar-refractivity contribution in [2.75, 3.05) is 0 Å². The molecule has 0 atom stereocenters. The Morgan fingerprint density at radius 2 is 1.04 bits per heavy atom. The van der Waals surface area contributed by atoms with Gasteiger partial charge in [-0.2, -0.15) is 5.26 Å². The summed E-state index contributed by atoms with van der Waals surface area (Å²) >= 11 is 0. The summed E-state index contributed by atoms with van der Waals surface area (Å²) in [5, 5.41) is 11.6. The van der Waals surface area contributed by atoms with Crippen LogP contribution in [0.5, 0.6) is 0 Å². The van der Waals surface area contributed by atoms with E-state index in [4.69, 9.17) is 15.0 Å². The van der Waals surface area contributed by atoms with Crippen LogP contribution in [0.25, 0.3) is 67.2 Å². The summed E-state index contributed by atoms with van der Waals surface area (Å²) in [6, 6.07) is 47.9. The zero-order valence-electron chi connectivity index (χ0n) is 25.0. The monoisotopic (exact) mass is 576 g/mol. The van der Waals surface area contributed by atoms with Gasteiger partial charge in [-0.05, 0) is 74.5 Å². The van der Waals surface area contributed by atoms with Crippen molar-refractivity contribution in [1.29, 1.82) is 5.26 Å². The molecule has 0 unspecified atom stereocenters. The Morgan fingerprint density at radius 1 is 0.467 bits per heavy atom. The quantitative estimate of drug-likeness (QED) is 0.209. The second-order valence-corrected chi connectivity index (χ2v) is 12.0. The molecule has 8 rings (SSSR count). The molecule has 1 aliphatic carbocycles. The first kappa shape index (κ1) is 26.7. The molecule has 0 aliphatic heterocycles. The van der Waals surface area contributed by atoms with Gasteiger partial charge in [0, 0.05) is 22.1 Å². The predicted molar refractivity (Wildman–Crippen MR) is 181 cm³/mol. The standard InChI is InChI=1S/C41H28N4/c1-41(2)36-15-9-8-14-32(36)33-21-20-31(24-37(33)41)39-43-38(28-10-4-3-5-11-28)44-40(45-39)35-23-30-13-7-6-12-29(30)22-34(35)27-18-16-26(25-42)17-19-27/h3-24H,1-2H3. The van der Waals surface area contributed by atoms with E-state index in [2.05, 4.69) is 86.6 Å². The first-order valence-electron chi connectivity index (χ1n) is 15.1. The maximum atomic E-state index is 9.42. The van der Waals surface area contributed by atoms with Crippen molar-refractivity contribution < 1.29 is 0 Å². The van der Waals surface area contributed by atoms with Crippen LogP contribution in [0.3, 0.4) is 0 Å². The lowest BCUT2D eigenvalue weighted by molar-refractivity contribution is 0.660. The first-order valence-corrected chi connectivity index (χ1v) is 15.1. The van der Waals surface area contributed by atoms with E-state index in [0.29, 0.717) is 23.0 Å². The molecule has 0 saturated carbocycles. The molecule has 0 amide bonds. The Bertz CT molecular complexity index is 2300. The van der Waals surface area contributed by atoms with E-state index in [1.807, 2.05) is 66.7 Å². The summed E-state index contributed by atoms with van der Waals surface area (Å²) in [6.45, 7) is 4.57. The van der Waals surface area contributed by atoms with Crippen molar-refractivity contribution in [3.05, 3.63) is 150 Å². The fourth-order valence-corrected chi connectivity index (χ4v) is 6.57. The molecule has 0 fully saturated rings. The third-order valence-electron chi connectivity index (χ3n) is 8.96. The van der Waals surface area contributed by atoms with Crippen LogP contribution in [0.4, 0.5) is 0 Å². The minimum Gasteiger partial charge on any atom is -0.208 e. The largest absolute Gasteiger partial charge is 0.208 e. The zero-order chi connectivity index (χ0) is 30.5. The van der Waals surface area contributed by atoms with Crippen LogP contribution < -0.4 is 0 Å². The average Bonchev–Trinajstić information content (AvgIpc) is 3.33. The molecule has 6 aromatic carbocycles. The van der Waals surface area contributed by atoms with Crippen LogP contribution in [-0.4, -0.2) is 15.0 Å². The van der Waals surface area contributed by atoms with Crippen LogP contribution >= 0.6 is 0 Å². The Morgan fingerprint density at radius 3 is 1.78 bits per heavy atom. The van der Waals surface area contributed by atoms with E-state index in [1.165, 1.54) is 22.3 Å². The van der Waals surface area contributed by atoms with Gasteiger partial charge in [-0.3, -0.25) is 0 Å². The minimum atomic E-state index is -0.138. The molecule has 45 heavy (non-hydrogen) atoms. The molecule has 0 radical (unpaired) electrons. The Labute approximate surface area is 262 Å². The highest BCUT2D eigenvalue weighted by Gasteiger charge is 2.35. The fourth-order valence-electron chi connectivity index (χ4n) is 6.57. The van der Waals surface area contributed by atoms with Gasteiger partial charge in [0.2, 0.25) is 0 Å². The lowest BCUT2D eigenvalue weighted by atomic mass is 9.82. The third-order valence-corrected chi connectivity index (χ3v) is 8.96. The molecule has 4 nitrogen and oxygen atoms in total. The van der Waals surface area contributed by atoms with Gasteiger partial charge in [0.15, 0.2) is 17.5 Å². The van der Waals surface area contributed by atoms with Crippen LogP contribution in [-0.2, 0) is 5.41 Å². The van der Waals surface area contributed by atoms with Crippen molar-refractivity contribution in [1.82, 2.24) is 15.0 Å². The summed E-state index contributed by atoms with van der Waals surface area (Å²) in [5.41, 5.74) is 10.4. The Kier molecular flexibility index (Phi) is 6.15. The van der Waals surface area contributed by atoms with Gasteiger partial charge in [0.1, 0.15) is 0 Å². The molecule has 1 aromatic heterocycles. The molecule has 1 aliphatic rings. The molecule has 0 N–H and O–H groups in total. The highest BCUT2D eigenvalue weighted by Crippen LogP contribution is 2.49. The number of hydrogen-bond acceptors (Lipinski definition) is 4. The highest BCUT2D eigenvalue weighted by molar-refractivity contribution is 5.95. The molecular formula is C41H28N4. The topological polar surface area (TPSA) is 62.5 Å². The van der Waals surface area contributed by atoms with E-state index in [1.54, 1.807) is 0 Å². The highest BCUT2D eigenvalue weighted by atomic mass is 15.0. The molecule has 7 aromatic rings. The van der Waals surface area contributed by atoms with Gasteiger partial charge in [-0.25, -0.2) is 15.0 Å². The van der Waals surface area contributed by atoms with E-state index >= 15 is 0 Å². The van der Waals surface area contributed by atoms with Crippen molar-refractivity contribution in [2.24, 2.45) is 0 Å². The third kappa shape index (κ3) is 4.49. The van der Waals surface area contributed by atoms with E-state index in [0.717, 1.165) is 38.6 Å². The van der Waals surface area contributed by atoms with Gasteiger partial charge in [0.25, 0.3) is 0 Å². The second kappa shape index (κ2) is 10.4. The van der Waals surface area contributed by atoms with Crippen molar-refractivity contribution in [3.8, 4) is 62.5 Å². The van der Waals surface area contributed by atoms with E-state index in [9.17, 15) is 5.26 Å². The molecule has 212 valence electrons. The van der Waals surface area contributed by atoms with E-state index in [-0.39, 0.29) is 5.41 Å². The summed E-state index contributed by atoms with van der Waals surface area (Å²) in [6.07, 6.45) is 0. The lowest BCUT2D eigenvalue weighted by Gasteiger charge is -2.21. The SMILES string of the molecule is CC1(C)c2ccccc2-c2ccc(-c3nc(-c4ccccc4)nc(-c4cc5ccccc5cc4-c4ccc(C#N)cc4)n3)cc21. The summed E-state index contributed by atoms with van der Waals surface area (Å²) < 4.78 is 0. The molecule has 1 heterocycles. The minimum absolute atomic E-state index is 0.138. The van der Waals surface area contributed by atoms with Crippen molar-refractivity contribution in [3.63, 3.8) is 0 Å². The molecular weight excluding hydrogens is 548 g/mol. The molecule has 4 heteroatoms. The smallest absolute Gasteiger partial charge is 0.164 e. The first-order chi connectivity index (χ1) is 22.0. The van der Waals surface area contributed by atoms with Crippen molar-refractivity contribution >= 4 is 10.8 Å². The van der Waals surface area contributed by atoms with Gasteiger partial charge in [-0.1, -0.05) is 117 Å². The molecule has 0 spiro atoms. The number of aromatic nitrogens is 3. The normalized spacial score (nSPS) is 12.8. The van der Waals surface area contributed by atoms with Crippen molar-refractivity contribution in [2.45, 2.75) is 19.3 Å². The number of nitriles is 1. The van der Waals surface area contributed by atoms with Gasteiger partial charge >= 0.3 is 0 Å². The Hall–Kier alpha value is -5.92. The molecule has 0 bridgehead atoms. The van der Waals surface area contributed by atoms with Crippen LogP contribution in [0.15, 0.2) is 133 Å². The second-order valence-electron chi connectivity index (χ2n) is 12.0. The van der Waals surface area contributed by atoms with Gasteiger partial charge < -0.3 is 0 Å². The number of rotatable bonds is 4. The zero-order valence-corrected chi connectivity index (χ0v) is 25.0. The summed E-state index contributed by atoms with van der Waals surface area (Å²) in [4.78, 5) is 15.3. The van der Waals surface area contributed by atoms with Crippen LogP contribution in [0.2, 0.25) is 0 Å². The average molecular weight is 577 g/mol. The van der Waals surface area contributed by atoms with E-state index < -0.39 is 0 Å². The summed E-state index contributed by atoms with van der Waals surface area (Å²) in [5.74, 6) is 1.86. The fraction of sp³-hybridized carbons (Fsp3) is 0.0732. The number of fused-ring (bicyclic) bond motifs is 4. The maximum Gasteiger partial charge on any atom is 0.164 e. The lowest BCUT2D eigenvalue weighted by Crippen LogP contribution is -2.15. The van der Waals surface area contributed by atoms with Gasteiger partial charge in [0.05, 0.1) is 11.6 Å². The maximum absolute atomic E-state index is 9.42. The predicted octanol–water partition coefficient (Wildman–Crippen LogP) is 9.87. The molecule has 0 saturated heterocycles. The van der Waals surface area contributed by atoms with Crippen LogP contribution in [0.1, 0.15) is 30.5 Å². The summed E-state index contributed by atoms with van der Waals surface area (Å²) in [7, 11) is 0. The van der Waals surface area contributed by atoms with Gasteiger partial charge in [-0.15, -0.1) is 0 Å². The number of benzene rings is 6. The number of nitrogens with zero attached hydrogens (tertiary/aromatic N) is 4. The van der Waals surface area contributed by atoms with Crippen LogP contribution in [0, 0.1) is 11.3 Å². The number of hydrogen-bond donors (Lipinski definition) is 0.